The van der Waals surface area contributed by atoms with E-state index < -0.39 is 11.4 Å². The highest BCUT2D eigenvalue weighted by atomic mass is 19.1. The molecule has 5 nitrogen and oxygen atoms in total. The molecule has 2 aromatic carbocycles. The number of halogens is 1. The minimum absolute atomic E-state index is 0.0188. The summed E-state index contributed by atoms with van der Waals surface area (Å²) < 4.78 is 15.5. The van der Waals surface area contributed by atoms with Gasteiger partial charge in [0.2, 0.25) is 0 Å². The molecule has 29 heavy (non-hydrogen) atoms. The molecule has 0 unspecified atom stereocenters. The van der Waals surface area contributed by atoms with Gasteiger partial charge < -0.3 is 9.80 Å². The standard InChI is InChI=1S/C23H22FN3O2/c1-13(2)26-12-18-17(21(26)28)7-8-19(20(18)24)23(3,4)27-11-15-9-14(10-25)5-6-16(15)22(27)29/h5-9,13H,11-12H2,1-4H3. The summed E-state index contributed by atoms with van der Waals surface area (Å²) in [7, 11) is 0. The molecule has 2 amide bonds. The quantitative estimate of drug-likeness (QED) is 0.796. The van der Waals surface area contributed by atoms with Gasteiger partial charge in [0.05, 0.1) is 17.2 Å². The number of carbonyl (C=O) groups excluding carboxylic acids is 2. The third kappa shape index (κ3) is 2.72. The molecule has 6 heteroatoms. The van der Waals surface area contributed by atoms with Crippen molar-refractivity contribution in [3.05, 3.63) is 69.5 Å². The first kappa shape index (κ1) is 19.1. The fraction of sp³-hybridized carbons (Fsp3) is 0.348. The van der Waals surface area contributed by atoms with E-state index in [0.717, 1.165) is 5.56 Å². The third-order valence-electron chi connectivity index (χ3n) is 6.06. The van der Waals surface area contributed by atoms with Gasteiger partial charge in [-0.2, -0.15) is 5.26 Å². The molecular formula is C23H22FN3O2. The minimum atomic E-state index is -0.920. The summed E-state index contributed by atoms with van der Waals surface area (Å²) in [5, 5.41) is 9.12. The van der Waals surface area contributed by atoms with Crippen molar-refractivity contribution in [3.63, 3.8) is 0 Å². The van der Waals surface area contributed by atoms with Gasteiger partial charge in [-0.05, 0) is 57.5 Å². The normalized spacial score (nSPS) is 15.8. The highest BCUT2D eigenvalue weighted by Crippen LogP contribution is 2.39. The zero-order chi connectivity index (χ0) is 21.1. The Hall–Kier alpha value is -3.20. The summed E-state index contributed by atoms with van der Waals surface area (Å²) in [5.41, 5.74) is 2.06. The Morgan fingerprint density at radius 3 is 2.41 bits per heavy atom. The number of benzene rings is 2. The summed E-state index contributed by atoms with van der Waals surface area (Å²) in [5.74, 6) is -0.772. The van der Waals surface area contributed by atoms with Crippen molar-refractivity contribution in [1.29, 1.82) is 5.26 Å². The van der Waals surface area contributed by atoms with Crippen molar-refractivity contribution in [2.24, 2.45) is 0 Å². The van der Waals surface area contributed by atoms with E-state index in [4.69, 9.17) is 5.26 Å². The van der Waals surface area contributed by atoms with E-state index in [-0.39, 0.29) is 24.4 Å². The lowest BCUT2D eigenvalue weighted by atomic mass is 9.89. The maximum absolute atomic E-state index is 15.5. The molecule has 0 fully saturated rings. The molecule has 0 atom stereocenters. The number of nitriles is 1. The summed E-state index contributed by atoms with van der Waals surface area (Å²) >= 11 is 0. The molecule has 0 bridgehead atoms. The first-order valence-corrected chi connectivity index (χ1v) is 9.64. The van der Waals surface area contributed by atoms with Crippen LogP contribution in [0.4, 0.5) is 4.39 Å². The van der Waals surface area contributed by atoms with Crippen LogP contribution in [0.1, 0.15) is 70.7 Å². The molecule has 4 rings (SSSR count). The summed E-state index contributed by atoms with van der Waals surface area (Å²) in [6.07, 6.45) is 0. The molecule has 0 saturated heterocycles. The van der Waals surface area contributed by atoms with Crippen molar-refractivity contribution in [3.8, 4) is 6.07 Å². The molecule has 2 aliphatic rings. The van der Waals surface area contributed by atoms with Crippen LogP contribution >= 0.6 is 0 Å². The highest BCUT2D eigenvalue weighted by Gasteiger charge is 2.42. The predicted octanol–water partition coefficient (Wildman–Crippen LogP) is 3.95. The van der Waals surface area contributed by atoms with Gasteiger partial charge in [-0.3, -0.25) is 9.59 Å². The second-order valence-electron chi connectivity index (χ2n) is 8.41. The van der Waals surface area contributed by atoms with Crippen molar-refractivity contribution < 1.29 is 14.0 Å². The summed E-state index contributed by atoms with van der Waals surface area (Å²) in [4.78, 5) is 28.8. The van der Waals surface area contributed by atoms with Crippen LogP contribution in [-0.4, -0.2) is 27.7 Å². The maximum Gasteiger partial charge on any atom is 0.255 e. The first-order chi connectivity index (χ1) is 13.7. The SMILES string of the molecule is CC(C)N1Cc2c(ccc(C(C)(C)N3Cc4cc(C#N)ccc4C3=O)c2F)C1=O. The van der Waals surface area contributed by atoms with Gasteiger partial charge in [-0.25, -0.2) is 4.39 Å². The number of nitrogens with zero attached hydrogens (tertiary/aromatic N) is 3. The van der Waals surface area contributed by atoms with Gasteiger partial charge in [-0.15, -0.1) is 0 Å². The van der Waals surface area contributed by atoms with E-state index in [9.17, 15) is 9.59 Å². The van der Waals surface area contributed by atoms with Crippen molar-refractivity contribution >= 4 is 11.8 Å². The van der Waals surface area contributed by atoms with Gasteiger partial charge in [0, 0.05) is 41.4 Å². The summed E-state index contributed by atoms with van der Waals surface area (Å²) in [6.45, 7) is 7.98. The van der Waals surface area contributed by atoms with Crippen LogP contribution in [0.15, 0.2) is 30.3 Å². The van der Waals surface area contributed by atoms with Crippen LogP contribution in [0.2, 0.25) is 0 Å². The number of hydrogen-bond acceptors (Lipinski definition) is 3. The van der Waals surface area contributed by atoms with Crippen molar-refractivity contribution in [2.45, 2.75) is 52.4 Å². The average Bonchev–Trinajstić information content (AvgIpc) is 3.20. The van der Waals surface area contributed by atoms with Crippen LogP contribution in [-0.2, 0) is 18.6 Å². The molecule has 0 radical (unpaired) electrons. The zero-order valence-electron chi connectivity index (χ0n) is 16.9. The second-order valence-corrected chi connectivity index (χ2v) is 8.41. The van der Waals surface area contributed by atoms with Crippen molar-refractivity contribution in [1.82, 2.24) is 9.80 Å². The molecule has 0 N–H and O–H groups in total. The second kappa shape index (κ2) is 6.41. The van der Waals surface area contributed by atoms with Crippen LogP contribution in [0, 0.1) is 17.1 Å². The molecule has 2 aliphatic heterocycles. The van der Waals surface area contributed by atoms with Gasteiger partial charge in [0.15, 0.2) is 0 Å². The van der Waals surface area contributed by atoms with Crippen LogP contribution < -0.4 is 0 Å². The Morgan fingerprint density at radius 1 is 1.07 bits per heavy atom. The summed E-state index contributed by atoms with van der Waals surface area (Å²) in [6, 6.07) is 10.3. The molecule has 0 saturated carbocycles. The Morgan fingerprint density at radius 2 is 1.76 bits per heavy atom. The largest absolute Gasteiger partial charge is 0.332 e. The molecule has 2 heterocycles. The Bertz CT molecular complexity index is 1100. The molecule has 0 aliphatic carbocycles. The molecule has 0 aromatic heterocycles. The van der Waals surface area contributed by atoms with Crippen LogP contribution in [0.5, 0.6) is 0 Å². The Kier molecular flexibility index (Phi) is 4.23. The highest BCUT2D eigenvalue weighted by molar-refractivity contribution is 6.00. The topological polar surface area (TPSA) is 64.4 Å². The number of amides is 2. The van der Waals surface area contributed by atoms with E-state index in [2.05, 4.69) is 6.07 Å². The number of carbonyl (C=O) groups is 2. The van der Waals surface area contributed by atoms with Crippen molar-refractivity contribution in [2.75, 3.05) is 0 Å². The maximum atomic E-state index is 15.5. The lowest BCUT2D eigenvalue weighted by Gasteiger charge is -2.36. The van der Waals surface area contributed by atoms with E-state index >= 15 is 4.39 Å². The zero-order valence-corrected chi connectivity index (χ0v) is 16.9. The third-order valence-corrected chi connectivity index (χ3v) is 6.06. The van der Waals surface area contributed by atoms with E-state index in [1.807, 2.05) is 27.7 Å². The number of fused-ring (bicyclic) bond motifs is 2. The van der Waals surface area contributed by atoms with Crippen LogP contribution in [0.25, 0.3) is 0 Å². The lowest BCUT2D eigenvalue weighted by Crippen LogP contribution is -2.42. The molecular weight excluding hydrogens is 369 g/mol. The first-order valence-electron chi connectivity index (χ1n) is 9.64. The average molecular weight is 391 g/mol. The van der Waals surface area contributed by atoms with Gasteiger partial charge >= 0.3 is 0 Å². The Labute approximate surface area is 169 Å². The van der Waals surface area contributed by atoms with Crippen LogP contribution in [0.3, 0.4) is 0 Å². The smallest absolute Gasteiger partial charge is 0.255 e. The lowest BCUT2D eigenvalue weighted by molar-refractivity contribution is 0.0560. The van der Waals surface area contributed by atoms with E-state index in [1.54, 1.807) is 40.1 Å². The number of rotatable bonds is 3. The van der Waals surface area contributed by atoms with Gasteiger partial charge in [0.25, 0.3) is 11.8 Å². The fourth-order valence-electron chi connectivity index (χ4n) is 4.25. The van der Waals surface area contributed by atoms with Gasteiger partial charge in [-0.1, -0.05) is 6.07 Å². The minimum Gasteiger partial charge on any atom is -0.332 e. The molecule has 2 aromatic rings. The molecule has 148 valence electrons. The molecule has 0 spiro atoms. The predicted molar refractivity (Wildman–Crippen MR) is 105 cm³/mol. The van der Waals surface area contributed by atoms with E-state index in [0.29, 0.717) is 34.4 Å². The van der Waals surface area contributed by atoms with Gasteiger partial charge in [0.1, 0.15) is 5.82 Å². The van der Waals surface area contributed by atoms with E-state index in [1.165, 1.54) is 0 Å². The Balaban J connectivity index is 1.73. The monoisotopic (exact) mass is 391 g/mol. The fourth-order valence-corrected chi connectivity index (χ4v) is 4.25. The number of hydrogen-bond donors (Lipinski definition) is 0.